The fourth-order valence-electron chi connectivity index (χ4n) is 1.71. The van der Waals surface area contributed by atoms with Crippen molar-refractivity contribution < 1.29 is 14.6 Å². The third kappa shape index (κ3) is 2.82. The first-order valence-corrected chi connectivity index (χ1v) is 6.49. The number of ether oxygens (including phenoxy) is 1. The monoisotopic (exact) mass is 331 g/mol. The Kier molecular flexibility index (Phi) is 4.38. The van der Waals surface area contributed by atoms with E-state index in [1.165, 1.54) is 31.5 Å². The number of hydrogen-bond acceptors (Lipinski definition) is 3. The number of benzene rings is 1. The van der Waals surface area contributed by atoms with Crippen molar-refractivity contribution in [3.63, 3.8) is 0 Å². The third-order valence-electron chi connectivity index (χ3n) is 2.57. The van der Waals surface area contributed by atoms with E-state index in [1.54, 1.807) is 0 Å². The number of pyridine rings is 1. The van der Waals surface area contributed by atoms with Crippen LogP contribution in [0, 0.1) is 0 Å². The quantitative estimate of drug-likeness (QED) is 0.904. The van der Waals surface area contributed by atoms with Gasteiger partial charge < -0.3 is 9.84 Å². The normalized spacial score (nSPS) is 10.4. The Morgan fingerprint density at radius 2 is 1.80 bits per heavy atom. The number of carbonyl (C=O) groups is 1. The minimum absolute atomic E-state index is 0.00267. The highest BCUT2D eigenvalue weighted by Crippen LogP contribution is 2.40. The van der Waals surface area contributed by atoms with Gasteiger partial charge in [0.15, 0.2) is 0 Å². The van der Waals surface area contributed by atoms with Gasteiger partial charge in [0.25, 0.3) is 0 Å². The van der Waals surface area contributed by atoms with Crippen LogP contribution in [0.3, 0.4) is 0 Å². The van der Waals surface area contributed by atoms with Crippen molar-refractivity contribution in [3.8, 4) is 17.0 Å². The molecule has 0 spiro atoms. The Hall–Kier alpha value is -1.49. The van der Waals surface area contributed by atoms with Crippen LogP contribution in [0.2, 0.25) is 15.1 Å². The number of rotatable bonds is 3. The zero-order chi connectivity index (χ0) is 14.9. The zero-order valence-electron chi connectivity index (χ0n) is 10.2. The SMILES string of the molecule is COc1ncc(C(=O)O)cc1-c1c(Cl)cc(Cl)cc1Cl. The molecule has 1 aromatic heterocycles. The van der Waals surface area contributed by atoms with Gasteiger partial charge in [0.05, 0.1) is 22.7 Å². The summed E-state index contributed by atoms with van der Waals surface area (Å²) in [5, 5.41) is 9.98. The average Bonchev–Trinajstić information content (AvgIpc) is 2.37. The number of carboxylic acids is 1. The molecule has 20 heavy (non-hydrogen) atoms. The summed E-state index contributed by atoms with van der Waals surface area (Å²) >= 11 is 18.1. The lowest BCUT2D eigenvalue weighted by Gasteiger charge is -2.12. The summed E-state index contributed by atoms with van der Waals surface area (Å²) < 4.78 is 5.12. The lowest BCUT2D eigenvalue weighted by Crippen LogP contribution is -2.00. The molecule has 1 N–H and O–H groups in total. The predicted octanol–water partition coefficient (Wildman–Crippen LogP) is 4.42. The molecule has 0 saturated carbocycles. The zero-order valence-corrected chi connectivity index (χ0v) is 12.4. The second kappa shape index (κ2) is 5.87. The van der Waals surface area contributed by atoms with Crippen molar-refractivity contribution in [3.05, 3.63) is 45.0 Å². The Labute approximate surface area is 129 Å². The molecule has 2 aromatic rings. The molecule has 0 unspecified atom stereocenters. The molecular formula is C13H8Cl3NO3. The molecule has 0 amide bonds. The lowest BCUT2D eigenvalue weighted by molar-refractivity contribution is 0.0696. The largest absolute Gasteiger partial charge is 0.481 e. The molecular weight excluding hydrogens is 325 g/mol. The summed E-state index contributed by atoms with van der Waals surface area (Å²) in [6, 6.07) is 4.42. The van der Waals surface area contributed by atoms with Crippen molar-refractivity contribution in [2.24, 2.45) is 0 Å². The van der Waals surface area contributed by atoms with Gasteiger partial charge in [-0.25, -0.2) is 9.78 Å². The van der Waals surface area contributed by atoms with E-state index in [4.69, 9.17) is 44.6 Å². The number of carboxylic acid groups (broad SMARTS) is 1. The predicted molar refractivity (Wildman–Crippen MR) is 78.2 cm³/mol. The van der Waals surface area contributed by atoms with Gasteiger partial charge >= 0.3 is 5.97 Å². The van der Waals surface area contributed by atoms with E-state index in [1.807, 2.05) is 0 Å². The minimum atomic E-state index is -1.11. The van der Waals surface area contributed by atoms with Crippen LogP contribution in [0.1, 0.15) is 10.4 Å². The third-order valence-corrected chi connectivity index (χ3v) is 3.38. The number of halogens is 3. The van der Waals surface area contributed by atoms with E-state index in [-0.39, 0.29) is 21.5 Å². The van der Waals surface area contributed by atoms with Crippen LogP contribution < -0.4 is 4.74 Å². The highest BCUT2D eigenvalue weighted by molar-refractivity contribution is 6.41. The fraction of sp³-hybridized carbons (Fsp3) is 0.0769. The average molecular weight is 333 g/mol. The minimum Gasteiger partial charge on any atom is -0.481 e. The lowest BCUT2D eigenvalue weighted by atomic mass is 10.0. The molecule has 0 saturated heterocycles. The van der Waals surface area contributed by atoms with E-state index in [9.17, 15) is 4.79 Å². The number of nitrogens with zero attached hydrogens (tertiary/aromatic N) is 1. The molecule has 0 aliphatic rings. The van der Waals surface area contributed by atoms with Crippen LogP contribution in [0.4, 0.5) is 0 Å². The summed E-state index contributed by atoms with van der Waals surface area (Å²) in [6.07, 6.45) is 1.20. The van der Waals surface area contributed by atoms with Crippen LogP contribution in [-0.2, 0) is 0 Å². The topological polar surface area (TPSA) is 59.4 Å². The molecule has 0 aliphatic carbocycles. The molecule has 2 rings (SSSR count). The second-order valence-electron chi connectivity index (χ2n) is 3.83. The number of methoxy groups -OCH3 is 1. The fourth-order valence-corrected chi connectivity index (χ4v) is 2.73. The van der Waals surface area contributed by atoms with Crippen LogP contribution in [0.5, 0.6) is 5.88 Å². The maximum atomic E-state index is 11.0. The van der Waals surface area contributed by atoms with Crippen molar-refractivity contribution >= 4 is 40.8 Å². The molecule has 0 bridgehead atoms. The van der Waals surface area contributed by atoms with Crippen molar-refractivity contribution in [1.29, 1.82) is 0 Å². The summed E-state index contributed by atoms with van der Waals surface area (Å²) in [5.74, 6) is -0.885. The maximum Gasteiger partial charge on any atom is 0.337 e. The first-order chi connectivity index (χ1) is 9.43. The maximum absolute atomic E-state index is 11.0. The molecule has 0 atom stereocenters. The van der Waals surface area contributed by atoms with Crippen LogP contribution in [0.15, 0.2) is 24.4 Å². The van der Waals surface area contributed by atoms with E-state index < -0.39 is 5.97 Å². The molecule has 4 nitrogen and oxygen atoms in total. The number of aromatic carboxylic acids is 1. The van der Waals surface area contributed by atoms with Gasteiger partial charge in [-0.2, -0.15) is 0 Å². The Balaban J connectivity index is 2.74. The van der Waals surface area contributed by atoms with E-state index in [2.05, 4.69) is 4.98 Å². The van der Waals surface area contributed by atoms with E-state index >= 15 is 0 Å². The van der Waals surface area contributed by atoms with Crippen LogP contribution >= 0.6 is 34.8 Å². The van der Waals surface area contributed by atoms with Crippen molar-refractivity contribution in [2.45, 2.75) is 0 Å². The molecule has 0 aliphatic heterocycles. The van der Waals surface area contributed by atoms with E-state index in [0.29, 0.717) is 16.1 Å². The molecule has 0 radical (unpaired) electrons. The standard InChI is InChI=1S/C13H8Cl3NO3/c1-20-12-8(2-6(5-17-12)13(18)19)11-9(15)3-7(14)4-10(11)16/h2-5H,1H3,(H,18,19). The highest BCUT2D eigenvalue weighted by Gasteiger charge is 2.18. The molecule has 7 heteroatoms. The number of hydrogen-bond donors (Lipinski definition) is 1. The first-order valence-electron chi connectivity index (χ1n) is 5.36. The van der Waals surface area contributed by atoms with Gasteiger partial charge in [0.2, 0.25) is 5.88 Å². The summed E-state index contributed by atoms with van der Waals surface area (Å²) in [4.78, 5) is 15.0. The second-order valence-corrected chi connectivity index (χ2v) is 5.08. The van der Waals surface area contributed by atoms with Gasteiger partial charge in [-0.1, -0.05) is 34.8 Å². The van der Waals surface area contributed by atoms with Gasteiger partial charge in [0, 0.05) is 22.3 Å². The molecule has 1 heterocycles. The molecule has 0 fully saturated rings. The smallest absolute Gasteiger partial charge is 0.337 e. The van der Waals surface area contributed by atoms with Gasteiger partial charge in [0.1, 0.15) is 0 Å². The number of aromatic nitrogens is 1. The molecule has 104 valence electrons. The Bertz CT molecular complexity index is 666. The van der Waals surface area contributed by atoms with Gasteiger partial charge in [-0.05, 0) is 18.2 Å². The molecule has 1 aromatic carbocycles. The first kappa shape index (κ1) is 14.9. The van der Waals surface area contributed by atoms with Crippen molar-refractivity contribution in [2.75, 3.05) is 7.11 Å². The summed E-state index contributed by atoms with van der Waals surface area (Å²) in [7, 11) is 1.42. The van der Waals surface area contributed by atoms with Crippen molar-refractivity contribution in [1.82, 2.24) is 4.98 Å². The van der Waals surface area contributed by atoms with Crippen LogP contribution in [-0.4, -0.2) is 23.2 Å². The van der Waals surface area contributed by atoms with E-state index in [0.717, 1.165) is 0 Å². The Morgan fingerprint density at radius 3 is 2.30 bits per heavy atom. The van der Waals surface area contributed by atoms with Gasteiger partial charge in [-0.15, -0.1) is 0 Å². The Morgan fingerprint density at radius 1 is 1.20 bits per heavy atom. The summed E-state index contributed by atoms with van der Waals surface area (Å²) in [5.41, 5.74) is 0.812. The van der Waals surface area contributed by atoms with Crippen LogP contribution in [0.25, 0.3) is 11.1 Å². The summed E-state index contributed by atoms with van der Waals surface area (Å²) in [6.45, 7) is 0. The highest BCUT2D eigenvalue weighted by atomic mass is 35.5. The van der Waals surface area contributed by atoms with Gasteiger partial charge in [-0.3, -0.25) is 0 Å².